The third kappa shape index (κ3) is 4.73. The zero-order chi connectivity index (χ0) is 19.4. The van der Waals surface area contributed by atoms with Gasteiger partial charge in [-0.1, -0.05) is 26.8 Å². The second kappa shape index (κ2) is 7.63. The second-order valence-corrected chi connectivity index (χ2v) is 7.70. The molecule has 27 heavy (non-hydrogen) atoms. The molecule has 0 bridgehead atoms. The van der Waals surface area contributed by atoms with Crippen LogP contribution < -0.4 is 10.6 Å². The molecule has 8 heteroatoms. The Balaban J connectivity index is 1.65. The number of hydrogen-bond donors (Lipinski definition) is 2. The number of rotatable bonds is 4. The molecule has 0 aromatic carbocycles. The highest BCUT2D eigenvalue weighted by atomic mass is 32.1. The van der Waals surface area contributed by atoms with E-state index in [9.17, 15) is 9.59 Å². The summed E-state index contributed by atoms with van der Waals surface area (Å²) in [4.78, 5) is 37.0. The monoisotopic (exact) mass is 381 g/mol. The van der Waals surface area contributed by atoms with Crippen LogP contribution in [-0.4, -0.2) is 26.8 Å². The minimum absolute atomic E-state index is 0.119. The van der Waals surface area contributed by atoms with Gasteiger partial charge in [-0.05, 0) is 24.3 Å². The first-order chi connectivity index (χ1) is 12.8. The zero-order valence-electron chi connectivity index (χ0n) is 15.2. The standard InChI is InChI=1S/C19H19N5O2S/c1-19(2,3)17(26)22-12-7-8-14(21-10-12)16(25)24-18-23-15(11-27-18)13-6-4-5-9-20-13/h4-11H,1-3H3,(H,22,26)(H,23,24,25). The quantitative estimate of drug-likeness (QED) is 0.716. The van der Waals surface area contributed by atoms with Crippen molar-refractivity contribution in [2.75, 3.05) is 10.6 Å². The Bertz CT molecular complexity index is 946. The molecular weight excluding hydrogens is 362 g/mol. The molecule has 0 atom stereocenters. The van der Waals surface area contributed by atoms with Crippen LogP contribution >= 0.6 is 11.3 Å². The molecule has 2 N–H and O–H groups in total. The average molecular weight is 381 g/mol. The molecule has 0 aliphatic rings. The number of thiazole rings is 1. The molecule has 3 heterocycles. The fraction of sp³-hybridized carbons (Fsp3) is 0.211. The third-order valence-corrected chi connectivity index (χ3v) is 4.34. The van der Waals surface area contributed by atoms with E-state index in [1.807, 2.05) is 44.4 Å². The van der Waals surface area contributed by atoms with Crippen LogP contribution in [0.25, 0.3) is 11.4 Å². The smallest absolute Gasteiger partial charge is 0.276 e. The molecular formula is C19H19N5O2S. The highest BCUT2D eigenvalue weighted by molar-refractivity contribution is 7.14. The van der Waals surface area contributed by atoms with E-state index in [1.165, 1.54) is 17.5 Å². The van der Waals surface area contributed by atoms with Crippen LogP contribution in [-0.2, 0) is 4.79 Å². The van der Waals surface area contributed by atoms with Crippen molar-refractivity contribution in [3.63, 3.8) is 0 Å². The lowest BCUT2D eigenvalue weighted by Crippen LogP contribution is -2.27. The van der Waals surface area contributed by atoms with E-state index in [0.717, 1.165) is 5.69 Å². The summed E-state index contributed by atoms with van der Waals surface area (Å²) in [5.41, 5.74) is 1.71. The van der Waals surface area contributed by atoms with Gasteiger partial charge in [0.05, 0.1) is 17.6 Å². The summed E-state index contributed by atoms with van der Waals surface area (Å²) in [6.07, 6.45) is 3.15. The summed E-state index contributed by atoms with van der Waals surface area (Å²) in [6.45, 7) is 5.47. The first kappa shape index (κ1) is 18.7. The van der Waals surface area contributed by atoms with Gasteiger partial charge in [0.25, 0.3) is 5.91 Å². The maximum atomic E-state index is 12.3. The van der Waals surface area contributed by atoms with Gasteiger partial charge in [0.2, 0.25) is 5.91 Å². The van der Waals surface area contributed by atoms with Crippen molar-refractivity contribution in [2.45, 2.75) is 20.8 Å². The first-order valence-corrected chi connectivity index (χ1v) is 9.17. The molecule has 138 valence electrons. The maximum absolute atomic E-state index is 12.3. The minimum Gasteiger partial charge on any atom is -0.324 e. The van der Waals surface area contributed by atoms with Crippen molar-refractivity contribution in [3.05, 3.63) is 53.8 Å². The van der Waals surface area contributed by atoms with E-state index in [2.05, 4.69) is 25.6 Å². The van der Waals surface area contributed by atoms with Crippen LogP contribution in [0.15, 0.2) is 48.1 Å². The van der Waals surface area contributed by atoms with Crippen LogP contribution in [0.3, 0.4) is 0 Å². The Morgan fingerprint density at radius 2 is 1.81 bits per heavy atom. The van der Waals surface area contributed by atoms with Gasteiger partial charge < -0.3 is 5.32 Å². The number of carbonyl (C=O) groups is 2. The van der Waals surface area contributed by atoms with Gasteiger partial charge >= 0.3 is 0 Å². The van der Waals surface area contributed by atoms with Gasteiger partial charge in [0, 0.05) is 17.0 Å². The number of nitrogens with zero attached hydrogens (tertiary/aromatic N) is 3. The lowest BCUT2D eigenvalue weighted by atomic mass is 9.95. The molecule has 0 unspecified atom stereocenters. The number of anilines is 2. The zero-order valence-corrected chi connectivity index (χ0v) is 16.0. The number of hydrogen-bond acceptors (Lipinski definition) is 6. The number of nitrogens with one attached hydrogen (secondary N) is 2. The normalized spacial score (nSPS) is 11.1. The van der Waals surface area contributed by atoms with E-state index >= 15 is 0 Å². The fourth-order valence-corrected chi connectivity index (χ4v) is 2.74. The van der Waals surface area contributed by atoms with E-state index in [-0.39, 0.29) is 17.5 Å². The fourth-order valence-electron chi connectivity index (χ4n) is 2.04. The average Bonchev–Trinajstić information content (AvgIpc) is 3.10. The van der Waals surface area contributed by atoms with E-state index in [0.29, 0.717) is 16.5 Å². The summed E-state index contributed by atoms with van der Waals surface area (Å²) in [6, 6.07) is 8.77. The molecule has 7 nitrogen and oxygen atoms in total. The van der Waals surface area contributed by atoms with Crippen LogP contribution in [0.5, 0.6) is 0 Å². The van der Waals surface area contributed by atoms with Gasteiger partial charge in [-0.3, -0.25) is 19.9 Å². The van der Waals surface area contributed by atoms with Crippen molar-refractivity contribution in [2.24, 2.45) is 5.41 Å². The van der Waals surface area contributed by atoms with E-state index in [4.69, 9.17) is 0 Å². The molecule has 3 aromatic rings. The van der Waals surface area contributed by atoms with Crippen LogP contribution in [0.4, 0.5) is 10.8 Å². The lowest BCUT2D eigenvalue weighted by molar-refractivity contribution is -0.123. The Morgan fingerprint density at radius 3 is 2.44 bits per heavy atom. The molecule has 0 radical (unpaired) electrons. The highest BCUT2D eigenvalue weighted by Gasteiger charge is 2.21. The lowest BCUT2D eigenvalue weighted by Gasteiger charge is -2.17. The summed E-state index contributed by atoms with van der Waals surface area (Å²) in [5, 5.41) is 7.79. The molecule has 0 aliphatic heterocycles. The van der Waals surface area contributed by atoms with Crippen molar-refractivity contribution >= 4 is 34.0 Å². The van der Waals surface area contributed by atoms with Gasteiger partial charge in [0.1, 0.15) is 11.4 Å². The van der Waals surface area contributed by atoms with Gasteiger partial charge in [-0.15, -0.1) is 11.3 Å². The molecule has 0 fully saturated rings. The summed E-state index contributed by atoms with van der Waals surface area (Å²) >= 11 is 1.31. The summed E-state index contributed by atoms with van der Waals surface area (Å²) in [5.74, 6) is -0.489. The highest BCUT2D eigenvalue weighted by Crippen LogP contribution is 2.23. The predicted octanol–water partition coefficient (Wildman–Crippen LogP) is 3.84. The Hall–Kier alpha value is -3.13. The molecule has 0 saturated carbocycles. The maximum Gasteiger partial charge on any atom is 0.276 e. The topological polar surface area (TPSA) is 96.9 Å². The predicted molar refractivity (Wildman–Crippen MR) is 106 cm³/mol. The molecule has 3 rings (SSSR count). The van der Waals surface area contributed by atoms with Gasteiger partial charge in [-0.2, -0.15) is 0 Å². The number of amides is 2. The second-order valence-electron chi connectivity index (χ2n) is 6.84. The Morgan fingerprint density at radius 1 is 1.00 bits per heavy atom. The van der Waals surface area contributed by atoms with Crippen molar-refractivity contribution < 1.29 is 9.59 Å². The van der Waals surface area contributed by atoms with E-state index < -0.39 is 5.41 Å². The molecule has 3 aromatic heterocycles. The molecule has 0 aliphatic carbocycles. The number of aromatic nitrogens is 3. The minimum atomic E-state index is -0.508. The van der Waals surface area contributed by atoms with Crippen molar-refractivity contribution in [3.8, 4) is 11.4 Å². The third-order valence-electron chi connectivity index (χ3n) is 3.59. The van der Waals surface area contributed by atoms with Crippen molar-refractivity contribution in [1.82, 2.24) is 15.0 Å². The molecule has 0 saturated heterocycles. The SMILES string of the molecule is CC(C)(C)C(=O)Nc1ccc(C(=O)Nc2nc(-c3ccccn3)cs2)nc1. The Labute approximate surface area is 160 Å². The summed E-state index contributed by atoms with van der Waals surface area (Å²) in [7, 11) is 0. The van der Waals surface area contributed by atoms with Gasteiger partial charge in [-0.25, -0.2) is 9.97 Å². The van der Waals surface area contributed by atoms with Crippen LogP contribution in [0.2, 0.25) is 0 Å². The Kier molecular flexibility index (Phi) is 5.27. The first-order valence-electron chi connectivity index (χ1n) is 8.29. The van der Waals surface area contributed by atoms with Crippen LogP contribution in [0, 0.1) is 5.41 Å². The largest absolute Gasteiger partial charge is 0.324 e. The summed E-state index contributed by atoms with van der Waals surface area (Å²) < 4.78 is 0. The molecule has 2 amide bonds. The van der Waals surface area contributed by atoms with Crippen LogP contribution in [0.1, 0.15) is 31.3 Å². The van der Waals surface area contributed by atoms with Crippen molar-refractivity contribution in [1.29, 1.82) is 0 Å². The van der Waals surface area contributed by atoms with Gasteiger partial charge in [0.15, 0.2) is 5.13 Å². The van der Waals surface area contributed by atoms with E-state index in [1.54, 1.807) is 18.3 Å². The number of pyridine rings is 2. The number of carbonyl (C=O) groups excluding carboxylic acids is 2. The molecule has 0 spiro atoms.